The van der Waals surface area contributed by atoms with Gasteiger partial charge < -0.3 is 0 Å². The van der Waals surface area contributed by atoms with Crippen molar-refractivity contribution in [1.29, 1.82) is 0 Å². The predicted octanol–water partition coefficient (Wildman–Crippen LogP) is 3.63. The zero-order valence-corrected chi connectivity index (χ0v) is 12.5. The third-order valence-electron chi connectivity index (χ3n) is 3.04. The molecule has 0 spiro atoms. The van der Waals surface area contributed by atoms with Crippen LogP contribution >= 0.6 is 7.94 Å². The maximum atomic E-state index is 8.81. The van der Waals surface area contributed by atoms with Crippen LogP contribution in [-0.2, 0) is 0 Å². The molecule has 0 aromatic rings. The molecule has 0 aromatic carbocycles. The molecule has 0 aliphatic carbocycles. The van der Waals surface area contributed by atoms with Crippen LogP contribution in [0.4, 0.5) is 0 Å². The average Bonchev–Trinajstić information content (AvgIpc) is 2.18. The molecule has 3 nitrogen and oxygen atoms in total. The van der Waals surface area contributed by atoms with Gasteiger partial charge in [-0.15, -0.1) is 0 Å². The van der Waals surface area contributed by atoms with Gasteiger partial charge in [0.05, 0.1) is 0 Å². The molecule has 0 bridgehead atoms. The summed E-state index contributed by atoms with van der Waals surface area (Å²) in [7, 11) is -3.75. The van der Waals surface area contributed by atoms with Crippen molar-refractivity contribution in [2.75, 3.05) is 6.16 Å². The first kappa shape index (κ1) is 17.3. The number of hydrogen-bond donors (Lipinski definition) is 3. The molecule has 0 atom stereocenters. The van der Waals surface area contributed by atoms with Crippen molar-refractivity contribution in [2.24, 2.45) is 5.92 Å². The van der Waals surface area contributed by atoms with Crippen LogP contribution in [0.3, 0.4) is 0 Å². The second kappa shape index (κ2) is 10.3. The first-order valence-corrected chi connectivity index (χ1v) is 9.14. The molecular weight excluding hydrogens is 235 g/mol. The van der Waals surface area contributed by atoms with E-state index in [-0.39, 0.29) is 6.16 Å². The summed E-state index contributed by atoms with van der Waals surface area (Å²) in [5.41, 5.74) is 0. The SMILES string of the molecule is CC(C)CCCCCCCCCC[PH](O)(O)O. The fourth-order valence-electron chi connectivity index (χ4n) is 1.98. The molecule has 0 heterocycles. The Morgan fingerprint density at radius 3 is 1.53 bits per heavy atom. The monoisotopic (exact) mass is 266 g/mol. The molecule has 0 unspecified atom stereocenters. The van der Waals surface area contributed by atoms with E-state index in [1.807, 2.05) is 0 Å². The second-order valence-electron chi connectivity index (χ2n) is 5.54. The van der Waals surface area contributed by atoms with Crippen LogP contribution in [0, 0.1) is 5.92 Å². The summed E-state index contributed by atoms with van der Waals surface area (Å²) in [6.45, 7) is 4.54. The summed E-state index contributed by atoms with van der Waals surface area (Å²) < 4.78 is 0. The number of rotatable bonds is 11. The Bertz CT molecular complexity index is 167. The molecule has 0 rings (SSSR count). The molecule has 106 valence electrons. The number of hydrogen-bond acceptors (Lipinski definition) is 3. The Morgan fingerprint density at radius 2 is 1.12 bits per heavy atom. The first-order valence-electron chi connectivity index (χ1n) is 7.09. The average molecular weight is 266 g/mol. The molecule has 0 aromatic heterocycles. The minimum absolute atomic E-state index is 0.196. The van der Waals surface area contributed by atoms with Crippen molar-refractivity contribution in [3.05, 3.63) is 0 Å². The van der Waals surface area contributed by atoms with Gasteiger partial charge in [-0.25, -0.2) is 0 Å². The van der Waals surface area contributed by atoms with E-state index in [9.17, 15) is 0 Å². The van der Waals surface area contributed by atoms with Crippen LogP contribution < -0.4 is 0 Å². The van der Waals surface area contributed by atoms with Crippen LogP contribution in [0.25, 0.3) is 0 Å². The van der Waals surface area contributed by atoms with Gasteiger partial charge in [-0.05, 0) is 0 Å². The van der Waals surface area contributed by atoms with Gasteiger partial charge >= 0.3 is 106 Å². The van der Waals surface area contributed by atoms with Crippen molar-refractivity contribution in [2.45, 2.75) is 71.6 Å². The Balaban J connectivity index is 3.04. The summed E-state index contributed by atoms with van der Waals surface area (Å²) in [5.74, 6) is 0.829. The van der Waals surface area contributed by atoms with E-state index >= 15 is 0 Å². The summed E-state index contributed by atoms with van der Waals surface area (Å²) in [4.78, 5) is 26.4. The van der Waals surface area contributed by atoms with Crippen molar-refractivity contribution in [1.82, 2.24) is 0 Å². The zero-order valence-electron chi connectivity index (χ0n) is 11.5. The Kier molecular flexibility index (Phi) is 10.4. The summed E-state index contributed by atoms with van der Waals surface area (Å²) in [6.07, 6.45) is 11.0. The predicted molar refractivity (Wildman–Crippen MR) is 76.2 cm³/mol. The van der Waals surface area contributed by atoms with Crippen molar-refractivity contribution in [3.8, 4) is 0 Å². The standard InChI is InChI=1S/C13H31O3P/c1-13(2)11-9-7-5-3-4-6-8-10-12-17(14,15)16/h13-17H,3-12H2,1-2H3. The third-order valence-corrected chi connectivity index (χ3v) is 4.07. The molecule has 0 fully saturated rings. The Labute approximate surface area is 107 Å². The van der Waals surface area contributed by atoms with Crippen molar-refractivity contribution >= 4 is 7.94 Å². The molecule has 0 saturated heterocycles. The van der Waals surface area contributed by atoms with E-state index in [0.717, 1.165) is 25.2 Å². The maximum absolute atomic E-state index is 8.81. The molecule has 0 amide bonds. The van der Waals surface area contributed by atoms with Gasteiger partial charge in [-0.1, -0.05) is 0 Å². The van der Waals surface area contributed by atoms with Gasteiger partial charge in [-0.2, -0.15) is 0 Å². The van der Waals surface area contributed by atoms with E-state index in [1.165, 1.54) is 38.5 Å². The van der Waals surface area contributed by atoms with E-state index in [0.29, 0.717) is 0 Å². The number of unbranched alkanes of at least 4 members (excludes halogenated alkanes) is 7. The fourth-order valence-corrected chi connectivity index (χ4v) is 2.70. The Morgan fingerprint density at radius 1 is 0.706 bits per heavy atom. The second-order valence-corrected chi connectivity index (χ2v) is 7.58. The van der Waals surface area contributed by atoms with Crippen LogP contribution in [0.1, 0.15) is 71.6 Å². The normalized spacial score (nSPS) is 13.3. The van der Waals surface area contributed by atoms with Gasteiger partial charge in [0.25, 0.3) is 0 Å². The topological polar surface area (TPSA) is 60.7 Å². The summed E-state index contributed by atoms with van der Waals surface area (Å²) in [6, 6.07) is 0. The molecule has 17 heavy (non-hydrogen) atoms. The minimum atomic E-state index is -3.75. The van der Waals surface area contributed by atoms with E-state index in [2.05, 4.69) is 13.8 Å². The zero-order chi connectivity index (χ0) is 13.1. The van der Waals surface area contributed by atoms with Crippen molar-refractivity contribution in [3.63, 3.8) is 0 Å². The quantitative estimate of drug-likeness (QED) is 0.395. The fraction of sp³-hybridized carbons (Fsp3) is 1.00. The van der Waals surface area contributed by atoms with Gasteiger partial charge in [-0.3, -0.25) is 0 Å². The Hall–Kier alpha value is 0.310. The van der Waals surface area contributed by atoms with Gasteiger partial charge in [0.15, 0.2) is 0 Å². The molecule has 3 N–H and O–H groups in total. The molecular formula is C13H31O3P. The third kappa shape index (κ3) is 16.3. The van der Waals surface area contributed by atoms with E-state index in [4.69, 9.17) is 14.7 Å². The molecule has 0 radical (unpaired) electrons. The van der Waals surface area contributed by atoms with Gasteiger partial charge in [0, 0.05) is 0 Å². The molecule has 4 heteroatoms. The van der Waals surface area contributed by atoms with E-state index < -0.39 is 7.94 Å². The van der Waals surface area contributed by atoms with Gasteiger partial charge in [0.1, 0.15) is 0 Å². The first-order chi connectivity index (χ1) is 7.92. The van der Waals surface area contributed by atoms with Crippen LogP contribution in [0.15, 0.2) is 0 Å². The molecule has 0 aliphatic rings. The van der Waals surface area contributed by atoms with Crippen molar-refractivity contribution < 1.29 is 14.7 Å². The summed E-state index contributed by atoms with van der Waals surface area (Å²) in [5, 5.41) is 0. The van der Waals surface area contributed by atoms with Crippen LogP contribution in [0.5, 0.6) is 0 Å². The van der Waals surface area contributed by atoms with Crippen LogP contribution in [0.2, 0.25) is 0 Å². The van der Waals surface area contributed by atoms with Crippen LogP contribution in [-0.4, -0.2) is 20.8 Å². The molecule has 0 aliphatic heterocycles. The van der Waals surface area contributed by atoms with E-state index in [1.54, 1.807) is 0 Å². The molecule has 0 saturated carbocycles. The van der Waals surface area contributed by atoms with Gasteiger partial charge in [0.2, 0.25) is 0 Å². The summed E-state index contributed by atoms with van der Waals surface area (Å²) >= 11 is 0.